The third-order valence-corrected chi connectivity index (χ3v) is 4.47. The molecule has 0 radical (unpaired) electrons. The molecule has 3 atom stereocenters. The van der Waals surface area contributed by atoms with Gasteiger partial charge in [-0.25, -0.2) is 0 Å². The van der Waals surface area contributed by atoms with Crippen molar-refractivity contribution in [3.05, 3.63) is 35.9 Å². The molecule has 16 heavy (non-hydrogen) atoms. The molecule has 0 saturated carbocycles. The number of hydrogen-bond donors (Lipinski definition) is 1. The van der Waals surface area contributed by atoms with Crippen molar-refractivity contribution in [3.8, 4) is 0 Å². The molecule has 2 saturated heterocycles. The van der Waals surface area contributed by atoms with Crippen LogP contribution >= 0.6 is 15.9 Å². The van der Waals surface area contributed by atoms with Gasteiger partial charge in [-0.1, -0.05) is 46.3 Å². The van der Waals surface area contributed by atoms with Crippen molar-refractivity contribution in [2.45, 2.75) is 29.5 Å². The molecular formula is C12H14BrNO2. The summed E-state index contributed by atoms with van der Waals surface area (Å²) in [5.41, 5.74) is 4.30. The first-order valence-corrected chi connectivity index (χ1v) is 6.50. The summed E-state index contributed by atoms with van der Waals surface area (Å²) in [5, 5.41) is 0. The zero-order valence-electron chi connectivity index (χ0n) is 8.86. The lowest BCUT2D eigenvalue weighted by Crippen LogP contribution is -2.36. The zero-order valence-corrected chi connectivity index (χ0v) is 10.4. The highest BCUT2D eigenvalue weighted by Crippen LogP contribution is 2.44. The molecular weight excluding hydrogens is 270 g/mol. The van der Waals surface area contributed by atoms with Gasteiger partial charge in [0.2, 0.25) is 5.79 Å². The monoisotopic (exact) mass is 283 g/mol. The van der Waals surface area contributed by atoms with Crippen LogP contribution in [0, 0.1) is 0 Å². The van der Waals surface area contributed by atoms with E-state index in [9.17, 15) is 0 Å². The van der Waals surface area contributed by atoms with Crippen molar-refractivity contribution in [3.63, 3.8) is 0 Å². The van der Waals surface area contributed by atoms with E-state index in [1.54, 1.807) is 0 Å². The molecule has 0 bridgehead atoms. The molecule has 2 heterocycles. The highest BCUT2D eigenvalue weighted by atomic mass is 79.9. The molecule has 1 aromatic carbocycles. The molecule has 1 aromatic rings. The first kappa shape index (κ1) is 10.7. The highest BCUT2D eigenvalue weighted by molar-refractivity contribution is 9.09. The minimum atomic E-state index is -0.472. The topological polar surface area (TPSA) is 30.5 Å². The maximum absolute atomic E-state index is 5.73. The Bertz CT molecular complexity index is 365. The predicted molar refractivity (Wildman–Crippen MR) is 64.0 cm³/mol. The minimum Gasteiger partial charge on any atom is -0.347 e. The van der Waals surface area contributed by atoms with Crippen LogP contribution in [0.2, 0.25) is 0 Å². The molecule has 4 heteroatoms. The molecule has 1 N–H and O–H groups in total. The number of alkyl halides is 1. The van der Waals surface area contributed by atoms with E-state index in [1.165, 1.54) is 5.56 Å². The minimum absolute atomic E-state index is 0.152. The van der Waals surface area contributed by atoms with Crippen LogP contribution in [0.1, 0.15) is 24.4 Å². The summed E-state index contributed by atoms with van der Waals surface area (Å²) in [7, 11) is 0. The second kappa shape index (κ2) is 4.11. The number of ether oxygens (including phenoxy) is 1. The van der Waals surface area contributed by atoms with Crippen LogP contribution in [0.5, 0.6) is 0 Å². The first-order chi connectivity index (χ1) is 7.82. The molecule has 86 valence electrons. The zero-order chi connectivity index (χ0) is 11.0. The van der Waals surface area contributed by atoms with Crippen molar-refractivity contribution >= 4 is 15.9 Å². The average molecular weight is 284 g/mol. The van der Waals surface area contributed by atoms with E-state index < -0.39 is 5.79 Å². The third kappa shape index (κ3) is 1.61. The van der Waals surface area contributed by atoms with Gasteiger partial charge in [-0.2, -0.15) is 5.48 Å². The van der Waals surface area contributed by atoms with Crippen molar-refractivity contribution in [2.75, 3.05) is 6.61 Å². The largest absolute Gasteiger partial charge is 0.347 e. The summed E-state index contributed by atoms with van der Waals surface area (Å²) in [6.45, 7) is 0.783. The van der Waals surface area contributed by atoms with E-state index in [0.717, 1.165) is 19.4 Å². The summed E-state index contributed by atoms with van der Waals surface area (Å²) in [4.78, 5) is 5.82. The molecule has 2 unspecified atom stereocenters. The van der Waals surface area contributed by atoms with Gasteiger partial charge in [-0.3, -0.25) is 4.84 Å². The maximum Gasteiger partial charge on any atom is 0.202 e. The standard InChI is InChI=1S/C12H14BrNO2/c13-11-10(9-5-2-1-3-6-9)14-16-12(11)7-4-8-15-12/h1-3,5-6,10-11,14H,4,7-8H2/t10?,11-,12?/m0/s1. The van der Waals surface area contributed by atoms with Gasteiger partial charge in [0.25, 0.3) is 0 Å². The molecule has 2 aliphatic heterocycles. The van der Waals surface area contributed by atoms with Gasteiger partial charge >= 0.3 is 0 Å². The normalized spacial score (nSPS) is 38.3. The SMILES string of the molecule is Br[C@H]1C(c2ccccc2)NOC12CCCO2. The third-order valence-electron chi connectivity index (χ3n) is 3.25. The fourth-order valence-corrected chi connectivity index (χ4v) is 3.23. The molecule has 3 nitrogen and oxygen atoms in total. The van der Waals surface area contributed by atoms with Crippen LogP contribution in [0.25, 0.3) is 0 Å². The molecule has 0 aliphatic carbocycles. The molecule has 0 aromatic heterocycles. The van der Waals surface area contributed by atoms with Crippen LogP contribution < -0.4 is 5.48 Å². The number of halogens is 1. The maximum atomic E-state index is 5.73. The van der Waals surface area contributed by atoms with Gasteiger partial charge < -0.3 is 4.74 Å². The van der Waals surface area contributed by atoms with E-state index in [0.29, 0.717) is 0 Å². The van der Waals surface area contributed by atoms with E-state index in [2.05, 4.69) is 33.5 Å². The number of benzene rings is 1. The quantitative estimate of drug-likeness (QED) is 0.804. The number of nitrogens with one attached hydrogen (secondary N) is 1. The van der Waals surface area contributed by atoms with Crippen LogP contribution in [-0.4, -0.2) is 17.2 Å². The molecule has 1 spiro atoms. The van der Waals surface area contributed by atoms with Gasteiger partial charge in [0, 0.05) is 6.42 Å². The number of rotatable bonds is 1. The van der Waals surface area contributed by atoms with Gasteiger partial charge in [-0.15, -0.1) is 0 Å². The van der Waals surface area contributed by atoms with Crippen LogP contribution in [0.15, 0.2) is 30.3 Å². The van der Waals surface area contributed by atoms with Crippen molar-refractivity contribution in [2.24, 2.45) is 0 Å². The van der Waals surface area contributed by atoms with Crippen LogP contribution in [0.3, 0.4) is 0 Å². The fourth-order valence-electron chi connectivity index (χ4n) is 2.36. The molecule has 0 amide bonds. The van der Waals surface area contributed by atoms with Gasteiger partial charge in [0.15, 0.2) is 0 Å². The number of hydroxylamine groups is 1. The van der Waals surface area contributed by atoms with E-state index >= 15 is 0 Å². The van der Waals surface area contributed by atoms with E-state index in [4.69, 9.17) is 9.57 Å². The lowest BCUT2D eigenvalue weighted by Gasteiger charge is -2.24. The molecule has 2 fully saturated rings. The Hall–Kier alpha value is -0.420. The fraction of sp³-hybridized carbons (Fsp3) is 0.500. The Morgan fingerprint density at radius 1 is 1.31 bits per heavy atom. The van der Waals surface area contributed by atoms with Crippen molar-refractivity contribution in [1.29, 1.82) is 0 Å². The first-order valence-electron chi connectivity index (χ1n) is 5.58. The second-order valence-corrected chi connectivity index (χ2v) is 5.26. The Balaban J connectivity index is 1.85. The summed E-state index contributed by atoms with van der Waals surface area (Å²) < 4.78 is 5.73. The Kier molecular flexibility index (Phi) is 2.75. The van der Waals surface area contributed by atoms with Gasteiger partial charge in [-0.05, 0) is 12.0 Å². The number of hydrogen-bond acceptors (Lipinski definition) is 3. The molecule has 2 aliphatic rings. The van der Waals surface area contributed by atoms with Gasteiger partial charge in [0.05, 0.1) is 17.5 Å². The average Bonchev–Trinajstić information content (AvgIpc) is 2.91. The second-order valence-electron chi connectivity index (χ2n) is 4.27. The van der Waals surface area contributed by atoms with Crippen LogP contribution in [-0.2, 0) is 9.57 Å². The van der Waals surface area contributed by atoms with Crippen molar-refractivity contribution in [1.82, 2.24) is 5.48 Å². The summed E-state index contributed by atoms with van der Waals surface area (Å²) in [6.07, 6.45) is 2.00. The lowest BCUT2D eigenvalue weighted by atomic mass is 9.99. The van der Waals surface area contributed by atoms with E-state index in [1.807, 2.05) is 18.2 Å². The Morgan fingerprint density at radius 3 is 2.81 bits per heavy atom. The highest BCUT2D eigenvalue weighted by Gasteiger charge is 2.52. The van der Waals surface area contributed by atoms with Gasteiger partial charge in [0.1, 0.15) is 0 Å². The van der Waals surface area contributed by atoms with Crippen molar-refractivity contribution < 1.29 is 9.57 Å². The Morgan fingerprint density at radius 2 is 2.12 bits per heavy atom. The summed E-state index contributed by atoms with van der Waals surface area (Å²) in [6, 6.07) is 10.4. The summed E-state index contributed by atoms with van der Waals surface area (Å²) in [5.74, 6) is -0.472. The lowest BCUT2D eigenvalue weighted by molar-refractivity contribution is -0.204. The predicted octanol–water partition coefficient (Wildman–Crippen LogP) is 2.53. The molecule has 3 rings (SSSR count). The summed E-state index contributed by atoms with van der Waals surface area (Å²) >= 11 is 3.71. The Labute approximate surface area is 103 Å². The smallest absolute Gasteiger partial charge is 0.202 e. The van der Waals surface area contributed by atoms with Crippen LogP contribution in [0.4, 0.5) is 0 Å². The van der Waals surface area contributed by atoms with E-state index in [-0.39, 0.29) is 10.9 Å².